The number of nitrogens with zero attached hydrogens (tertiary/aromatic N) is 5. The molecule has 3 aliphatic rings. The van der Waals surface area contributed by atoms with Crippen molar-refractivity contribution in [3.05, 3.63) is 88.1 Å². The Balaban J connectivity index is 1.27. The first-order valence-electron chi connectivity index (χ1n) is 15.7. The number of piperidine rings is 1. The quantitative estimate of drug-likeness (QED) is 0.229. The third-order valence-electron chi connectivity index (χ3n) is 9.47. The van der Waals surface area contributed by atoms with E-state index < -0.39 is 0 Å². The lowest BCUT2D eigenvalue weighted by molar-refractivity contribution is 0.175. The number of pyridine rings is 2. The topological polar surface area (TPSA) is 71.7 Å². The number of H-pyrrole nitrogens is 1. The Morgan fingerprint density at radius 3 is 2.60 bits per heavy atom. The number of hydrogen-bond donors (Lipinski definition) is 1. The molecule has 0 radical (unpaired) electrons. The van der Waals surface area contributed by atoms with Crippen LogP contribution in [0.3, 0.4) is 0 Å². The molecule has 4 aromatic heterocycles. The molecular weight excluding hydrogens is 539 g/mol. The molecule has 1 saturated heterocycles. The zero-order chi connectivity index (χ0) is 29.2. The number of hydrogen-bond acceptors (Lipinski definition) is 4. The summed E-state index contributed by atoms with van der Waals surface area (Å²) in [5.41, 5.74) is 6.40. The lowest BCUT2D eigenvalue weighted by Crippen LogP contribution is -2.33. The summed E-state index contributed by atoms with van der Waals surface area (Å²) in [4.78, 5) is 29.8. The normalized spacial score (nSPS) is 19.4. The first-order valence-corrected chi connectivity index (χ1v) is 15.7. The van der Waals surface area contributed by atoms with Gasteiger partial charge in [-0.15, -0.1) is 0 Å². The second-order valence-electron chi connectivity index (χ2n) is 13.1. The van der Waals surface area contributed by atoms with E-state index in [1.54, 1.807) is 16.8 Å². The van der Waals surface area contributed by atoms with Gasteiger partial charge in [0.1, 0.15) is 23.0 Å². The van der Waals surface area contributed by atoms with Crippen molar-refractivity contribution < 1.29 is 4.39 Å². The number of aromatic amines is 1. The maximum absolute atomic E-state index is 14.5. The summed E-state index contributed by atoms with van der Waals surface area (Å²) in [5, 5.41) is 1.05. The summed E-state index contributed by atoms with van der Waals surface area (Å²) in [7, 11) is 1.91. The first kappa shape index (κ1) is 26.6. The highest BCUT2D eigenvalue weighted by molar-refractivity contribution is 5.85. The summed E-state index contributed by atoms with van der Waals surface area (Å²) in [6.45, 7) is 5.36. The van der Waals surface area contributed by atoms with Crippen molar-refractivity contribution in [3.63, 3.8) is 0 Å². The van der Waals surface area contributed by atoms with E-state index in [0.717, 1.165) is 73.2 Å². The van der Waals surface area contributed by atoms with Crippen LogP contribution in [-0.4, -0.2) is 42.1 Å². The Morgan fingerprint density at radius 1 is 1.02 bits per heavy atom. The molecule has 8 heteroatoms. The molecule has 5 heterocycles. The standard InChI is InChI=1S/C35H37FN6O/c1-21-4-3-12-41(18-21)19-26-17-28-30(22-5-6-22)20-42(35(43)33(28)38-26)32-15-24(14-31(39-32)23-7-8-23)27-10-9-25(36)16-29(27)34-37-11-13-40(34)2/h9-11,13-17,20-23,38H,3-8,12,18-19H2,1-2H3/t21-/m0/s1. The number of aromatic nitrogens is 5. The number of halogens is 1. The lowest BCUT2D eigenvalue weighted by atomic mass is 9.98. The largest absolute Gasteiger partial charge is 0.353 e. The van der Waals surface area contributed by atoms with Crippen LogP contribution in [0.1, 0.15) is 74.2 Å². The number of aryl methyl sites for hydroxylation is 1. The van der Waals surface area contributed by atoms with Crippen molar-refractivity contribution in [1.82, 2.24) is 29.0 Å². The van der Waals surface area contributed by atoms with Crippen LogP contribution >= 0.6 is 0 Å². The molecule has 0 bridgehead atoms. The highest BCUT2D eigenvalue weighted by Crippen LogP contribution is 2.44. The molecule has 5 aromatic rings. The van der Waals surface area contributed by atoms with Crippen molar-refractivity contribution in [1.29, 1.82) is 0 Å². The summed E-state index contributed by atoms with van der Waals surface area (Å²) in [6, 6.07) is 11.2. The fourth-order valence-electron chi connectivity index (χ4n) is 6.92. The molecule has 1 atom stereocenters. The molecule has 0 spiro atoms. The van der Waals surface area contributed by atoms with Gasteiger partial charge in [0.25, 0.3) is 5.56 Å². The van der Waals surface area contributed by atoms with Gasteiger partial charge < -0.3 is 9.55 Å². The maximum Gasteiger partial charge on any atom is 0.280 e. The van der Waals surface area contributed by atoms with Crippen LogP contribution in [0.15, 0.2) is 59.8 Å². The van der Waals surface area contributed by atoms with Gasteiger partial charge in [-0.3, -0.25) is 14.3 Å². The zero-order valence-corrected chi connectivity index (χ0v) is 24.8. The van der Waals surface area contributed by atoms with Crippen molar-refractivity contribution >= 4 is 10.9 Å². The molecule has 1 aliphatic heterocycles. The average molecular weight is 577 g/mol. The van der Waals surface area contributed by atoms with Crippen LogP contribution in [0.25, 0.3) is 39.2 Å². The summed E-state index contributed by atoms with van der Waals surface area (Å²) in [6.07, 6.45) is 12.6. The predicted molar refractivity (Wildman–Crippen MR) is 167 cm³/mol. The highest BCUT2D eigenvalue weighted by atomic mass is 19.1. The van der Waals surface area contributed by atoms with Crippen LogP contribution in [0.5, 0.6) is 0 Å². The number of fused-ring (bicyclic) bond motifs is 1. The number of rotatable bonds is 7. The molecule has 43 heavy (non-hydrogen) atoms. The zero-order valence-electron chi connectivity index (χ0n) is 24.8. The SMILES string of the molecule is C[C@H]1CCCN(Cc2cc3c(C4CC4)cn(-c4cc(-c5ccc(F)cc5-c5nccn5C)cc(C5CC5)n4)c(=O)c3[nH]2)C1. The molecule has 1 aromatic carbocycles. The van der Waals surface area contributed by atoms with Crippen molar-refractivity contribution in [3.8, 4) is 28.3 Å². The second-order valence-corrected chi connectivity index (χ2v) is 13.1. The second kappa shape index (κ2) is 10.3. The van der Waals surface area contributed by atoms with Crippen molar-refractivity contribution in [2.24, 2.45) is 13.0 Å². The molecule has 220 valence electrons. The Bertz CT molecular complexity index is 1910. The number of likely N-dealkylation sites (tertiary alicyclic amines) is 1. The predicted octanol–water partition coefficient (Wildman–Crippen LogP) is 6.91. The number of benzene rings is 1. The van der Waals surface area contributed by atoms with Gasteiger partial charge in [0, 0.05) is 67.0 Å². The highest BCUT2D eigenvalue weighted by Gasteiger charge is 2.30. The average Bonchev–Trinajstić information content (AvgIpc) is 3.93. The van der Waals surface area contributed by atoms with Crippen molar-refractivity contribution in [2.45, 2.75) is 63.8 Å². The van der Waals surface area contributed by atoms with E-state index in [4.69, 9.17) is 4.98 Å². The van der Waals surface area contributed by atoms with Gasteiger partial charge in [0.2, 0.25) is 0 Å². The van der Waals surface area contributed by atoms with Gasteiger partial charge in [-0.25, -0.2) is 14.4 Å². The van der Waals surface area contributed by atoms with E-state index in [9.17, 15) is 9.18 Å². The fraction of sp³-hybridized carbons (Fsp3) is 0.400. The first-order chi connectivity index (χ1) is 20.9. The van der Waals surface area contributed by atoms with Gasteiger partial charge >= 0.3 is 0 Å². The number of nitrogens with one attached hydrogen (secondary N) is 1. The molecule has 1 N–H and O–H groups in total. The van der Waals surface area contributed by atoms with E-state index in [-0.39, 0.29) is 11.4 Å². The number of imidazole rings is 1. The van der Waals surface area contributed by atoms with E-state index in [1.807, 2.05) is 36.1 Å². The van der Waals surface area contributed by atoms with Gasteiger partial charge in [-0.1, -0.05) is 13.0 Å². The van der Waals surface area contributed by atoms with E-state index in [0.29, 0.717) is 40.5 Å². The Labute approximate surface area is 250 Å². The molecule has 3 fully saturated rings. The molecule has 0 unspecified atom stereocenters. The Kier molecular flexibility index (Phi) is 6.37. The molecule has 8 rings (SSSR count). The van der Waals surface area contributed by atoms with E-state index in [2.05, 4.69) is 33.9 Å². The summed E-state index contributed by atoms with van der Waals surface area (Å²) < 4.78 is 18.2. The van der Waals surface area contributed by atoms with Crippen LogP contribution in [-0.2, 0) is 13.6 Å². The van der Waals surface area contributed by atoms with Crippen LogP contribution in [0.2, 0.25) is 0 Å². The third-order valence-corrected chi connectivity index (χ3v) is 9.47. The maximum atomic E-state index is 14.5. The Morgan fingerprint density at radius 2 is 1.86 bits per heavy atom. The third kappa shape index (κ3) is 5.01. The van der Waals surface area contributed by atoms with Crippen LogP contribution < -0.4 is 5.56 Å². The van der Waals surface area contributed by atoms with Gasteiger partial charge in [0.15, 0.2) is 0 Å². The van der Waals surface area contributed by atoms with Crippen LogP contribution in [0, 0.1) is 11.7 Å². The smallest absolute Gasteiger partial charge is 0.280 e. The summed E-state index contributed by atoms with van der Waals surface area (Å²) in [5.74, 6) is 2.54. The molecule has 0 amide bonds. The lowest BCUT2D eigenvalue weighted by Gasteiger charge is -2.30. The van der Waals surface area contributed by atoms with Gasteiger partial charge in [-0.05, 0) is 104 Å². The molecule has 2 aliphatic carbocycles. The monoisotopic (exact) mass is 576 g/mol. The minimum Gasteiger partial charge on any atom is -0.353 e. The molecule has 2 saturated carbocycles. The molecular formula is C35H37FN6O. The van der Waals surface area contributed by atoms with Gasteiger partial charge in [0.05, 0.1) is 0 Å². The van der Waals surface area contributed by atoms with Crippen molar-refractivity contribution in [2.75, 3.05) is 13.1 Å². The Hall–Kier alpha value is -4.04. The van der Waals surface area contributed by atoms with Crippen LogP contribution in [0.4, 0.5) is 4.39 Å². The minimum atomic E-state index is -0.309. The van der Waals surface area contributed by atoms with E-state index in [1.165, 1.54) is 24.5 Å². The van der Waals surface area contributed by atoms with E-state index >= 15 is 0 Å². The molecule has 7 nitrogen and oxygen atoms in total. The van der Waals surface area contributed by atoms with Gasteiger partial charge in [-0.2, -0.15) is 0 Å². The fourth-order valence-corrected chi connectivity index (χ4v) is 6.92. The minimum absolute atomic E-state index is 0.0764. The summed E-state index contributed by atoms with van der Waals surface area (Å²) >= 11 is 0.